The summed E-state index contributed by atoms with van der Waals surface area (Å²) >= 11 is 0. The minimum absolute atomic E-state index is 0.197. The second kappa shape index (κ2) is 8.01. The molecule has 2 aromatic carbocycles. The molecule has 7 heteroatoms. The maximum absolute atomic E-state index is 13.9. The molecule has 6 rings (SSSR count). The van der Waals surface area contributed by atoms with Gasteiger partial charge in [0.05, 0.1) is 24.8 Å². The summed E-state index contributed by atoms with van der Waals surface area (Å²) in [5.74, 6) is 1.47. The largest absolute Gasteiger partial charge is 0.495 e. The first kappa shape index (κ1) is 21.0. The van der Waals surface area contributed by atoms with Crippen molar-refractivity contribution in [1.29, 1.82) is 0 Å². The van der Waals surface area contributed by atoms with E-state index in [1.165, 1.54) is 6.07 Å². The monoisotopic (exact) mass is 458 g/mol. The van der Waals surface area contributed by atoms with Crippen molar-refractivity contribution in [1.82, 2.24) is 14.5 Å². The number of imidazole rings is 1. The molecule has 1 saturated heterocycles. The summed E-state index contributed by atoms with van der Waals surface area (Å²) < 4.78 is 21.6. The minimum Gasteiger partial charge on any atom is -0.495 e. The quantitative estimate of drug-likeness (QED) is 0.532. The molecule has 1 aromatic heterocycles. The minimum atomic E-state index is -0.628. The van der Waals surface area contributed by atoms with Crippen LogP contribution in [0.25, 0.3) is 11.8 Å². The summed E-state index contributed by atoms with van der Waals surface area (Å²) in [6, 6.07) is 11.2. The highest BCUT2D eigenvalue weighted by Gasteiger charge is 2.51. The van der Waals surface area contributed by atoms with E-state index in [1.807, 2.05) is 35.9 Å². The third-order valence-corrected chi connectivity index (χ3v) is 7.07. The molecule has 34 heavy (non-hydrogen) atoms. The molecule has 0 saturated carbocycles. The Labute approximate surface area is 198 Å². The molecule has 1 spiro atoms. The number of fused-ring (bicyclic) bond motifs is 4. The second-order valence-electron chi connectivity index (χ2n) is 9.22. The SMILES string of the molecule is COc1cc(/C=C2\CCCN3C2=NOC32CCCc3cc(F)ccc32)ccc1-n1cnc(C)c1. The second-order valence-corrected chi connectivity index (χ2v) is 9.22. The Kier molecular flexibility index (Phi) is 4.94. The number of oxime groups is 1. The zero-order chi connectivity index (χ0) is 23.3. The van der Waals surface area contributed by atoms with Crippen LogP contribution in [0.15, 0.2) is 59.7 Å². The predicted molar refractivity (Wildman–Crippen MR) is 128 cm³/mol. The number of aromatic nitrogens is 2. The predicted octanol–water partition coefficient (Wildman–Crippen LogP) is 5.34. The Morgan fingerprint density at radius 3 is 2.88 bits per heavy atom. The fraction of sp³-hybridized carbons (Fsp3) is 0.333. The highest BCUT2D eigenvalue weighted by molar-refractivity contribution is 6.03. The van der Waals surface area contributed by atoms with Gasteiger partial charge in [-0.05, 0) is 85.7 Å². The summed E-state index contributed by atoms with van der Waals surface area (Å²) in [5, 5.41) is 4.58. The van der Waals surface area contributed by atoms with E-state index in [4.69, 9.17) is 9.57 Å². The van der Waals surface area contributed by atoms with Crippen molar-refractivity contribution in [3.63, 3.8) is 0 Å². The van der Waals surface area contributed by atoms with Gasteiger partial charge >= 0.3 is 0 Å². The van der Waals surface area contributed by atoms with Gasteiger partial charge in [-0.1, -0.05) is 11.2 Å². The Morgan fingerprint density at radius 2 is 2.06 bits per heavy atom. The molecule has 1 fully saturated rings. The highest BCUT2D eigenvalue weighted by Crippen LogP contribution is 2.47. The number of benzene rings is 2. The molecule has 3 aromatic rings. The molecule has 6 nitrogen and oxygen atoms in total. The lowest BCUT2D eigenvalue weighted by Gasteiger charge is -2.43. The van der Waals surface area contributed by atoms with Gasteiger partial charge in [0.2, 0.25) is 5.72 Å². The van der Waals surface area contributed by atoms with Crippen LogP contribution in [0.1, 0.15) is 48.1 Å². The van der Waals surface area contributed by atoms with Crippen LogP contribution in [0.4, 0.5) is 4.39 Å². The van der Waals surface area contributed by atoms with Crippen LogP contribution in [0, 0.1) is 12.7 Å². The summed E-state index contributed by atoms with van der Waals surface area (Å²) in [4.78, 5) is 12.8. The maximum atomic E-state index is 13.9. The highest BCUT2D eigenvalue weighted by atomic mass is 19.1. The normalized spacial score (nSPS) is 22.4. The van der Waals surface area contributed by atoms with Gasteiger partial charge in [0.15, 0.2) is 5.84 Å². The summed E-state index contributed by atoms with van der Waals surface area (Å²) in [7, 11) is 1.68. The summed E-state index contributed by atoms with van der Waals surface area (Å²) in [6.07, 6.45) is 10.5. The molecule has 2 aliphatic heterocycles. The van der Waals surface area contributed by atoms with Crippen molar-refractivity contribution in [2.75, 3.05) is 13.7 Å². The number of nitrogens with zero attached hydrogens (tertiary/aromatic N) is 4. The average molecular weight is 459 g/mol. The Morgan fingerprint density at radius 1 is 1.15 bits per heavy atom. The van der Waals surface area contributed by atoms with E-state index in [-0.39, 0.29) is 5.82 Å². The maximum Gasteiger partial charge on any atom is 0.237 e. The number of hydrogen-bond donors (Lipinski definition) is 0. The van der Waals surface area contributed by atoms with Crippen molar-refractivity contribution in [3.05, 3.63) is 82.7 Å². The van der Waals surface area contributed by atoms with E-state index in [2.05, 4.69) is 27.2 Å². The zero-order valence-electron chi connectivity index (χ0n) is 19.4. The van der Waals surface area contributed by atoms with Gasteiger partial charge in [0.1, 0.15) is 11.6 Å². The third kappa shape index (κ3) is 3.30. The number of hydrogen-bond acceptors (Lipinski definition) is 5. The van der Waals surface area contributed by atoms with Crippen molar-refractivity contribution in [2.24, 2.45) is 5.16 Å². The van der Waals surface area contributed by atoms with Crippen LogP contribution < -0.4 is 4.74 Å². The first-order valence-electron chi connectivity index (χ1n) is 11.8. The van der Waals surface area contributed by atoms with Crippen LogP contribution in [-0.2, 0) is 17.0 Å². The van der Waals surface area contributed by atoms with Gasteiger partial charge in [-0.3, -0.25) is 0 Å². The van der Waals surface area contributed by atoms with Gasteiger partial charge in [0, 0.05) is 24.7 Å². The van der Waals surface area contributed by atoms with Crippen molar-refractivity contribution in [2.45, 2.75) is 44.8 Å². The zero-order valence-corrected chi connectivity index (χ0v) is 19.4. The third-order valence-electron chi connectivity index (χ3n) is 7.07. The molecule has 3 heterocycles. The number of piperidine rings is 1. The Hall–Kier alpha value is -3.61. The van der Waals surface area contributed by atoms with Gasteiger partial charge in [0.25, 0.3) is 0 Å². The van der Waals surface area contributed by atoms with Crippen LogP contribution >= 0.6 is 0 Å². The standard InChI is InChI=1S/C27H27FN4O2/c1-18-16-31(17-29-18)24-10-7-19(14-25(24)33-2)13-21-6-4-12-32-26(21)30-34-27(32)11-3-5-20-15-22(28)8-9-23(20)27/h7-10,13-17H,3-6,11-12H2,1-2H3/b21-13+. The molecular formula is C27H27FN4O2. The molecule has 1 atom stereocenters. The van der Waals surface area contributed by atoms with Crippen molar-refractivity contribution >= 4 is 11.9 Å². The van der Waals surface area contributed by atoms with Gasteiger partial charge in [-0.15, -0.1) is 0 Å². The lowest BCUT2D eigenvalue weighted by atomic mass is 9.82. The average Bonchev–Trinajstić information content (AvgIpc) is 3.44. The number of ether oxygens (including phenoxy) is 1. The number of amidine groups is 1. The first-order chi connectivity index (χ1) is 16.6. The molecular weight excluding hydrogens is 431 g/mol. The van der Waals surface area contributed by atoms with E-state index >= 15 is 0 Å². The molecule has 0 bridgehead atoms. The molecule has 1 unspecified atom stereocenters. The first-order valence-corrected chi connectivity index (χ1v) is 11.8. The topological polar surface area (TPSA) is 51.9 Å². The van der Waals surface area contributed by atoms with Crippen LogP contribution in [0.2, 0.25) is 0 Å². The van der Waals surface area contributed by atoms with Crippen LogP contribution in [-0.4, -0.2) is 33.9 Å². The van der Waals surface area contributed by atoms with Crippen LogP contribution in [0.5, 0.6) is 5.75 Å². The summed E-state index contributed by atoms with van der Waals surface area (Å²) in [6.45, 7) is 2.84. The lowest BCUT2D eigenvalue weighted by Crippen LogP contribution is -2.50. The molecule has 174 valence electrons. The van der Waals surface area contributed by atoms with Gasteiger partial charge in [-0.25, -0.2) is 9.37 Å². The van der Waals surface area contributed by atoms with E-state index in [9.17, 15) is 4.39 Å². The van der Waals surface area contributed by atoms with E-state index in [1.54, 1.807) is 19.5 Å². The molecule has 0 N–H and O–H groups in total. The van der Waals surface area contributed by atoms with Crippen LogP contribution in [0.3, 0.4) is 0 Å². The van der Waals surface area contributed by atoms with E-state index < -0.39 is 5.72 Å². The Balaban J connectivity index is 1.34. The molecule has 0 amide bonds. The number of methoxy groups -OCH3 is 1. The smallest absolute Gasteiger partial charge is 0.237 e. The fourth-order valence-electron chi connectivity index (χ4n) is 5.51. The van der Waals surface area contributed by atoms with Gasteiger partial charge in [-0.2, -0.15) is 0 Å². The van der Waals surface area contributed by atoms with E-state index in [0.29, 0.717) is 0 Å². The van der Waals surface area contributed by atoms with Gasteiger partial charge < -0.3 is 19.0 Å². The molecule has 3 aliphatic rings. The molecule has 1 aliphatic carbocycles. The van der Waals surface area contributed by atoms with E-state index in [0.717, 1.165) is 83.9 Å². The Bertz CT molecular complexity index is 1330. The lowest BCUT2D eigenvalue weighted by molar-refractivity contribution is -0.118. The summed E-state index contributed by atoms with van der Waals surface area (Å²) in [5.41, 5.74) is 5.53. The number of aryl methyl sites for hydroxylation is 2. The van der Waals surface area contributed by atoms with Crippen molar-refractivity contribution < 1.29 is 14.0 Å². The molecule has 0 radical (unpaired) electrons. The number of halogens is 1. The number of rotatable bonds is 3. The fourth-order valence-corrected chi connectivity index (χ4v) is 5.51. The van der Waals surface area contributed by atoms with Crippen molar-refractivity contribution in [3.8, 4) is 11.4 Å².